The van der Waals surface area contributed by atoms with Gasteiger partial charge in [0.2, 0.25) is 0 Å². The van der Waals surface area contributed by atoms with Crippen LogP contribution in [0.5, 0.6) is 0 Å². The Morgan fingerprint density at radius 1 is 0.867 bits per heavy atom. The normalized spacial score (nSPS) is 20.7. The van der Waals surface area contributed by atoms with E-state index in [4.69, 9.17) is 4.42 Å². The van der Waals surface area contributed by atoms with Crippen LogP contribution in [0.1, 0.15) is 46.4 Å². The van der Waals surface area contributed by atoms with Gasteiger partial charge in [0, 0.05) is 28.2 Å². The molecule has 0 saturated carbocycles. The van der Waals surface area contributed by atoms with Gasteiger partial charge in [-0.2, -0.15) is 0 Å². The number of nitrogens with zero attached hydrogens (tertiary/aromatic N) is 1. The van der Waals surface area contributed by atoms with Gasteiger partial charge in [-0.05, 0) is 53.8 Å². The van der Waals surface area contributed by atoms with E-state index in [1.807, 2.05) is 0 Å². The lowest BCUT2D eigenvalue weighted by Gasteiger charge is -2.30. The van der Waals surface area contributed by atoms with E-state index in [1.54, 1.807) is 0 Å². The van der Waals surface area contributed by atoms with E-state index in [9.17, 15) is 0 Å². The van der Waals surface area contributed by atoms with Crippen LogP contribution in [0.15, 0.2) is 83.3 Å². The SMILES string of the molecule is C1=Cc2ccc3oc4c(c3c2CC1)C=CC1c2ccccc2N(c2ccccc2)C41. The molecule has 3 aromatic carbocycles. The van der Waals surface area contributed by atoms with Crippen molar-refractivity contribution in [3.8, 4) is 0 Å². The van der Waals surface area contributed by atoms with Crippen LogP contribution in [0.3, 0.4) is 0 Å². The summed E-state index contributed by atoms with van der Waals surface area (Å²) in [5.74, 6) is 1.39. The fraction of sp³-hybridized carbons (Fsp3) is 0.143. The average molecular weight is 387 g/mol. The second-order valence-electron chi connectivity index (χ2n) is 8.42. The summed E-state index contributed by atoms with van der Waals surface area (Å²) in [6.07, 6.45) is 11.4. The second kappa shape index (κ2) is 5.99. The zero-order chi connectivity index (χ0) is 19.7. The van der Waals surface area contributed by atoms with Crippen LogP contribution in [0, 0.1) is 0 Å². The van der Waals surface area contributed by atoms with E-state index in [2.05, 4.69) is 95.9 Å². The van der Waals surface area contributed by atoms with Crippen LogP contribution in [0.4, 0.5) is 11.4 Å². The molecule has 144 valence electrons. The highest BCUT2D eigenvalue weighted by atomic mass is 16.3. The molecule has 2 aliphatic carbocycles. The third kappa shape index (κ3) is 2.08. The Labute approximate surface area is 175 Å². The van der Waals surface area contributed by atoms with E-state index >= 15 is 0 Å². The fourth-order valence-electron chi connectivity index (χ4n) is 5.61. The lowest BCUT2D eigenvalue weighted by atomic mass is 9.84. The quantitative estimate of drug-likeness (QED) is 0.338. The molecule has 0 saturated heterocycles. The maximum Gasteiger partial charge on any atom is 0.136 e. The number of fused-ring (bicyclic) bond motifs is 9. The van der Waals surface area contributed by atoms with Crippen LogP contribution in [-0.2, 0) is 6.42 Å². The number of hydrogen-bond donors (Lipinski definition) is 0. The highest BCUT2D eigenvalue weighted by Gasteiger charge is 2.44. The van der Waals surface area contributed by atoms with Crippen molar-refractivity contribution in [2.45, 2.75) is 24.8 Å². The number of hydrogen-bond acceptors (Lipinski definition) is 2. The first kappa shape index (κ1) is 16.3. The molecule has 2 heterocycles. The van der Waals surface area contributed by atoms with Crippen LogP contribution >= 0.6 is 0 Å². The molecule has 0 spiro atoms. The number of para-hydroxylation sites is 2. The monoisotopic (exact) mass is 387 g/mol. The molecule has 0 amide bonds. The van der Waals surface area contributed by atoms with E-state index < -0.39 is 0 Å². The Kier molecular flexibility index (Phi) is 3.25. The van der Waals surface area contributed by atoms with Gasteiger partial charge >= 0.3 is 0 Å². The lowest BCUT2D eigenvalue weighted by molar-refractivity contribution is 0.478. The predicted molar refractivity (Wildman–Crippen MR) is 123 cm³/mol. The van der Waals surface area contributed by atoms with Gasteiger partial charge in [0.25, 0.3) is 0 Å². The van der Waals surface area contributed by atoms with E-state index in [1.165, 1.54) is 39.0 Å². The van der Waals surface area contributed by atoms with Gasteiger partial charge in [0.05, 0.1) is 0 Å². The van der Waals surface area contributed by atoms with E-state index in [0.29, 0.717) is 5.92 Å². The summed E-state index contributed by atoms with van der Waals surface area (Å²) in [5, 5.41) is 1.31. The van der Waals surface area contributed by atoms with E-state index in [0.717, 1.165) is 24.2 Å². The summed E-state index contributed by atoms with van der Waals surface area (Å²) < 4.78 is 6.64. The Balaban J connectivity index is 1.50. The topological polar surface area (TPSA) is 16.4 Å². The number of aryl methyl sites for hydroxylation is 1. The van der Waals surface area contributed by atoms with Crippen LogP contribution in [0.2, 0.25) is 0 Å². The van der Waals surface area contributed by atoms with Gasteiger partial charge in [0.1, 0.15) is 17.4 Å². The fourth-order valence-corrected chi connectivity index (χ4v) is 5.61. The third-order valence-electron chi connectivity index (χ3n) is 6.87. The van der Waals surface area contributed by atoms with Crippen LogP contribution < -0.4 is 4.90 Å². The molecule has 2 heteroatoms. The summed E-state index contributed by atoms with van der Waals surface area (Å²) in [5.41, 5.74) is 8.92. The largest absolute Gasteiger partial charge is 0.458 e. The Hall–Kier alpha value is -3.52. The van der Waals surface area contributed by atoms with Gasteiger partial charge in [-0.15, -0.1) is 0 Å². The van der Waals surface area contributed by atoms with Crippen molar-refractivity contribution in [3.63, 3.8) is 0 Å². The first-order valence-corrected chi connectivity index (χ1v) is 10.8. The molecule has 3 aliphatic rings. The minimum atomic E-state index is 0.145. The Morgan fingerprint density at radius 2 is 1.73 bits per heavy atom. The second-order valence-corrected chi connectivity index (χ2v) is 8.42. The van der Waals surface area contributed by atoms with Crippen molar-refractivity contribution in [2.24, 2.45) is 0 Å². The van der Waals surface area contributed by atoms with Gasteiger partial charge in [-0.1, -0.05) is 66.8 Å². The predicted octanol–water partition coefficient (Wildman–Crippen LogP) is 7.40. The van der Waals surface area contributed by atoms with Gasteiger partial charge in [-0.3, -0.25) is 0 Å². The first-order valence-electron chi connectivity index (χ1n) is 10.8. The van der Waals surface area contributed by atoms with E-state index in [-0.39, 0.29) is 6.04 Å². The van der Waals surface area contributed by atoms with Gasteiger partial charge < -0.3 is 9.32 Å². The zero-order valence-electron chi connectivity index (χ0n) is 16.6. The molecule has 4 aromatic rings. The summed E-state index contributed by atoms with van der Waals surface area (Å²) >= 11 is 0. The number of rotatable bonds is 1. The molecule has 30 heavy (non-hydrogen) atoms. The van der Waals surface area contributed by atoms with Crippen molar-refractivity contribution >= 4 is 34.5 Å². The van der Waals surface area contributed by atoms with Crippen LogP contribution in [0.25, 0.3) is 23.1 Å². The molecule has 0 N–H and O–H groups in total. The molecule has 0 bridgehead atoms. The molecule has 1 aromatic heterocycles. The maximum atomic E-state index is 6.64. The molecule has 0 fully saturated rings. The Bertz CT molecular complexity index is 1360. The number of allylic oxidation sites excluding steroid dienone is 1. The van der Waals surface area contributed by atoms with Crippen molar-refractivity contribution < 1.29 is 4.42 Å². The van der Waals surface area contributed by atoms with Crippen molar-refractivity contribution in [1.82, 2.24) is 0 Å². The highest BCUT2D eigenvalue weighted by molar-refractivity contribution is 5.96. The van der Waals surface area contributed by atoms with Gasteiger partial charge in [0.15, 0.2) is 0 Å². The van der Waals surface area contributed by atoms with Crippen molar-refractivity contribution in [3.05, 3.63) is 107 Å². The summed E-state index contributed by atoms with van der Waals surface area (Å²) in [6.45, 7) is 0. The summed E-state index contributed by atoms with van der Waals surface area (Å²) in [4.78, 5) is 2.47. The molecule has 2 unspecified atom stereocenters. The average Bonchev–Trinajstić information content (AvgIpc) is 3.35. The molecule has 7 rings (SSSR count). The number of anilines is 2. The molecule has 1 aliphatic heterocycles. The van der Waals surface area contributed by atoms with Crippen molar-refractivity contribution in [1.29, 1.82) is 0 Å². The van der Waals surface area contributed by atoms with Crippen LogP contribution in [-0.4, -0.2) is 0 Å². The molecule has 0 radical (unpaired) electrons. The lowest BCUT2D eigenvalue weighted by Crippen LogP contribution is -2.23. The summed E-state index contributed by atoms with van der Waals surface area (Å²) in [6, 6.07) is 24.0. The number of benzene rings is 3. The van der Waals surface area contributed by atoms with Crippen molar-refractivity contribution in [2.75, 3.05) is 4.90 Å². The minimum absolute atomic E-state index is 0.145. The van der Waals surface area contributed by atoms with Gasteiger partial charge in [-0.25, -0.2) is 0 Å². The smallest absolute Gasteiger partial charge is 0.136 e. The third-order valence-corrected chi connectivity index (χ3v) is 6.87. The number of furan rings is 1. The first-order chi connectivity index (χ1) is 14.9. The maximum absolute atomic E-state index is 6.64. The summed E-state index contributed by atoms with van der Waals surface area (Å²) in [7, 11) is 0. The Morgan fingerprint density at radius 3 is 2.67 bits per heavy atom. The molecule has 2 nitrogen and oxygen atoms in total. The standard InChI is InChI=1S/C28H21NO/c1-2-9-19(10-3-1)29-24-13-7-6-12-21(24)22-15-16-23-26-20-11-5-4-8-18(20)14-17-25(26)30-28(23)27(22)29/h1-4,6-10,12-17,22,27H,5,11H2. The molecular formula is C28H21NO. The molecule has 2 atom stereocenters. The molecular weight excluding hydrogens is 366 g/mol. The minimum Gasteiger partial charge on any atom is -0.458 e. The zero-order valence-corrected chi connectivity index (χ0v) is 16.6. The highest BCUT2D eigenvalue weighted by Crippen LogP contribution is 2.57.